The van der Waals surface area contributed by atoms with Crippen LogP contribution in [0.2, 0.25) is 0 Å². The molecule has 11 saturated carbocycles. The van der Waals surface area contributed by atoms with E-state index in [9.17, 15) is 19.8 Å². The molecule has 11 aliphatic rings. The van der Waals surface area contributed by atoms with Gasteiger partial charge in [-0.15, -0.1) is 0 Å². The number of unbranched alkanes of at least 4 members (excludes halogenated alkanes) is 2. The minimum Gasteiger partial charge on any atom is -0.459 e. The Bertz CT molecular complexity index is 1770. The second kappa shape index (κ2) is 43.9. The van der Waals surface area contributed by atoms with Gasteiger partial charge in [-0.25, -0.2) is 0 Å². The van der Waals surface area contributed by atoms with Gasteiger partial charge in [0, 0.05) is 27.4 Å². The molecule has 0 radical (unpaired) electrons. The van der Waals surface area contributed by atoms with Gasteiger partial charge in [0.05, 0.1) is 24.0 Å². The summed E-state index contributed by atoms with van der Waals surface area (Å²) in [4.78, 5) is 26.3. The lowest BCUT2D eigenvalue weighted by Crippen LogP contribution is -2.59. The van der Waals surface area contributed by atoms with E-state index in [0.717, 1.165) is 168 Å². The quantitative estimate of drug-likeness (QED) is 0.0651. The minimum absolute atomic E-state index is 0. The van der Waals surface area contributed by atoms with Crippen LogP contribution in [0.4, 0.5) is 0 Å². The van der Waals surface area contributed by atoms with E-state index in [0.29, 0.717) is 35.5 Å². The SMILES string of the molecule is C.C.C.C.C.C.C.C.CCC1CC(CC)C(C(=O)OC2(CC)C3CC4CC(C3)CC2C4)C1.CCC1CC(CC)C(C(O)CCCCOC)C1.CCC1CC(CC)C(C(O)CCCCOC)C1.CCC1CC(CC)C2C3CC(CC3C(=O)OC3(CC)CCCC3)C12. The van der Waals surface area contributed by atoms with Crippen LogP contribution in [0, 0.1) is 118 Å². The monoisotopic (exact) mass is 1280 g/mol. The van der Waals surface area contributed by atoms with Crippen LogP contribution in [0.5, 0.6) is 0 Å². The van der Waals surface area contributed by atoms with Crippen molar-refractivity contribution in [2.75, 3.05) is 27.4 Å². The first-order chi connectivity index (χ1) is 39.7. The maximum absolute atomic E-state index is 13.2. The number of hydrogen-bond acceptors (Lipinski definition) is 8. The second-order valence-corrected chi connectivity index (χ2v) is 30.2. The van der Waals surface area contributed by atoms with Gasteiger partial charge in [0.1, 0.15) is 11.2 Å². The number of fused-ring (bicyclic) bond motifs is 5. The van der Waals surface area contributed by atoms with E-state index in [1.54, 1.807) is 14.2 Å². The fourth-order valence-corrected chi connectivity index (χ4v) is 21.6. The van der Waals surface area contributed by atoms with Gasteiger partial charge in [-0.2, -0.15) is 0 Å². The second-order valence-electron chi connectivity index (χ2n) is 30.2. The zero-order chi connectivity index (χ0) is 59.1. The lowest BCUT2D eigenvalue weighted by molar-refractivity contribution is -0.215. The Hall–Kier alpha value is -1.22. The molecule has 0 aromatic rings. The molecule has 0 aromatic heterocycles. The van der Waals surface area contributed by atoms with Gasteiger partial charge in [0.15, 0.2) is 0 Å². The first kappa shape index (κ1) is 90.8. The van der Waals surface area contributed by atoms with Crippen molar-refractivity contribution in [3.63, 3.8) is 0 Å². The molecular weight excluding hydrogens is 1110 g/mol. The predicted molar refractivity (Wildman–Crippen MR) is 391 cm³/mol. The number of esters is 2. The van der Waals surface area contributed by atoms with E-state index >= 15 is 0 Å². The fourth-order valence-electron chi connectivity index (χ4n) is 21.6. The normalized spacial score (nSPS) is 37.0. The summed E-state index contributed by atoms with van der Waals surface area (Å²) in [6, 6.07) is 0. The number of hydrogen-bond donors (Lipinski definition) is 2. The highest BCUT2D eigenvalue weighted by Crippen LogP contribution is 2.66. The summed E-state index contributed by atoms with van der Waals surface area (Å²) in [6.07, 6.45) is 41.0. The van der Waals surface area contributed by atoms with E-state index in [1.807, 2.05) is 0 Å². The van der Waals surface area contributed by atoms with Crippen LogP contribution < -0.4 is 0 Å². The molecular formula is C82H164O8. The summed E-state index contributed by atoms with van der Waals surface area (Å²) in [7, 11) is 3.48. The largest absolute Gasteiger partial charge is 0.459 e. The highest BCUT2D eigenvalue weighted by atomic mass is 16.6. The lowest BCUT2D eigenvalue weighted by atomic mass is 9.49. The molecule has 18 unspecified atom stereocenters. The van der Waals surface area contributed by atoms with Crippen molar-refractivity contribution in [1.82, 2.24) is 0 Å². The zero-order valence-corrected chi connectivity index (χ0v) is 55.5. The molecule has 8 heteroatoms. The Morgan fingerprint density at radius 1 is 0.422 bits per heavy atom. The summed E-state index contributed by atoms with van der Waals surface area (Å²) < 4.78 is 22.8. The Labute approximate surface area is 564 Å². The van der Waals surface area contributed by atoms with Crippen LogP contribution in [0.3, 0.4) is 0 Å². The third-order valence-corrected chi connectivity index (χ3v) is 26.3. The molecule has 0 saturated heterocycles. The Kier molecular flexibility index (Phi) is 44.3. The zero-order valence-electron chi connectivity index (χ0n) is 55.5. The van der Waals surface area contributed by atoms with Gasteiger partial charge in [-0.3, -0.25) is 9.59 Å². The first-order valence-corrected chi connectivity index (χ1v) is 36.5. The lowest BCUT2D eigenvalue weighted by Gasteiger charge is -2.60. The molecule has 0 amide bonds. The number of aliphatic hydroxyl groups excluding tert-OH is 2. The first-order valence-electron chi connectivity index (χ1n) is 36.5. The summed E-state index contributed by atoms with van der Waals surface area (Å²) in [6.45, 7) is 24.5. The molecule has 11 fully saturated rings. The molecule has 8 nitrogen and oxygen atoms in total. The smallest absolute Gasteiger partial charge is 0.309 e. The van der Waals surface area contributed by atoms with E-state index < -0.39 is 0 Å². The van der Waals surface area contributed by atoms with Crippen molar-refractivity contribution < 1.29 is 38.7 Å². The Morgan fingerprint density at radius 3 is 1.26 bits per heavy atom. The Balaban J connectivity index is 0. The van der Waals surface area contributed by atoms with Crippen molar-refractivity contribution in [3.05, 3.63) is 0 Å². The van der Waals surface area contributed by atoms with Crippen LogP contribution in [0.25, 0.3) is 0 Å². The molecule has 0 spiro atoms. The van der Waals surface area contributed by atoms with E-state index in [1.165, 1.54) is 135 Å². The average molecular weight is 1280 g/mol. The van der Waals surface area contributed by atoms with Crippen molar-refractivity contribution in [2.45, 2.75) is 370 Å². The maximum atomic E-state index is 13.2. The highest BCUT2D eigenvalue weighted by Gasteiger charge is 2.62. The van der Waals surface area contributed by atoms with Crippen molar-refractivity contribution in [1.29, 1.82) is 0 Å². The number of ether oxygens (including phenoxy) is 4. The third-order valence-electron chi connectivity index (χ3n) is 26.3. The number of aliphatic hydroxyl groups is 2. The van der Waals surface area contributed by atoms with Gasteiger partial charge in [0.2, 0.25) is 0 Å². The number of carbonyl (C=O) groups is 2. The maximum Gasteiger partial charge on any atom is 0.309 e. The number of carbonyl (C=O) groups excluding carboxylic acids is 2. The third kappa shape index (κ3) is 21.6. The average Bonchev–Trinajstić information content (AvgIpc) is 1.20. The molecule has 540 valence electrons. The number of methoxy groups -OCH3 is 2. The minimum atomic E-state index is -0.107. The van der Waals surface area contributed by atoms with E-state index in [2.05, 4.69) is 69.2 Å². The molecule has 6 bridgehead atoms. The molecule has 18 atom stereocenters. The van der Waals surface area contributed by atoms with Crippen LogP contribution >= 0.6 is 0 Å². The highest BCUT2D eigenvalue weighted by molar-refractivity contribution is 5.74. The van der Waals surface area contributed by atoms with Gasteiger partial charge < -0.3 is 29.2 Å². The fraction of sp³-hybridized carbons (Fsp3) is 0.976. The summed E-state index contributed by atoms with van der Waals surface area (Å²) >= 11 is 0. The van der Waals surface area contributed by atoms with Crippen molar-refractivity contribution in [3.8, 4) is 0 Å². The standard InChI is InChI=1S/2C22H36O2.2C15H30O2.8CH4/c1-4-14-8-17(5-2)20(13-14)21(23)24-22(6-3)18-9-15-7-16(11-18)12-19(22)10-15;1-4-14-11-15(5-2)20-17-12-16(19(14)20)13-18(17)21(23)24-22(6-3)9-7-8-10-22;2*1-4-12-10-13(5-2)14(11-12)15(16)8-6-7-9-17-3;;;;;;;;/h2*14-20H,4-13H2,1-3H3;2*12-16H,4-11H2,1-3H3;8*1H4. The molecule has 90 heavy (non-hydrogen) atoms. The predicted octanol–water partition coefficient (Wildman–Crippen LogP) is 23.5. The summed E-state index contributed by atoms with van der Waals surface area (Å²) in [5, 5.41) is 20.6. The topological polar surface area (TPSA) is 112 Å². The van der Waals surface area contributed by atoms with Gasteiger partial charge in [-0.1, -0.05) is 180 Å². The molecule has 2 N–H and O–H groups in total. The summed E-state index contributed by atoms with van der Waals surface area (Å²) in [5.74, 6) is 14.6. The van der Waals surface area contributed by atoms with E-state index in [4.69, 9.17) is 18.9 Å². The number of rotatable bonds is 26. The molecule has 0 aromatic carbocycles. The van der Waals surface area contributed by atoms with Crippen LogP contribution in [-0.4, -0.2) is 73.0 Å². The van der Waals surface area contributed by atoms with E-state index in [-0.39, 0.29) is 107 Å². The Morgan fingerprint density at radius 2 is 0.844 bits per heavy atom. The molecule has 0 heterocycles. The van der Waals surface area contributed by atoms with Crippen LogP contribution in [-0.2, 0) is 28.5 Å². The van der Waals surface area contributed by atoms with Crippen molar-refractivity contribution in [2.24, 2.45) is 118 Å². The molecule has 11 aliphatic carbocycles. The van der Waals surface area contributed by atoms with Gasteiger partial charge >= 0.3 is 11.9 Å². The van der Waals surface area contributed by atoms with Gasteiger partial charge in [0.25, 0.3) is 0 Å². The van der Waals surface area contributed by atoms with Crippen LogP contribution in [0.15, 0.2) is 0 Å². The van der Waals surface area contributed by atoms with Crippen molar-refractivity contribution >= 4 is 11.9 Å². The van der Waals surface area contributed by atoms with Gasteiger partial charge in [-0.05, 0) is 273 Å². The molecule has 11 rings (SSSR count). The molecule has 0 aliphatic heterocycles. The summed E-state index contributed by atoms with van der Waals surface area (Å²) in [5.41, 5.74) is -0.211. The van der Waals surface area contributed by atoms with Crippen LogP contribution in [0.1, 0.15) is 347 Å².